The van der Waals surface area contributed by atoms with Crippen molar-refractivity contribution < 1.29 is 4.74 Å². The standard InChI is InChI=1S/C11H11N5OS/c1-17-6-8-10(18-11-12-7-13-15-11)16-5-3-2-4-9(16)14-8/h2-5,7H,6H2,1H3,(H,12,13,15). The van der Waals surface area contributed by atoms with Crippen LogP contribution in [0.5, 0.6) is 0 Å². The molecular weight excluding hydrogens is 250 g/mol. The van der Waals surface area contributed by atoms with Crippen LogP contribution in [0.3, 0.4) is 0 Å². The molecule has 92 valence electrons. The minimum atomic E-state index is 0.470. The van der Waals surface area contributed by atoms with Gasteiger partial charge in [-0.2, -0.15) is 5.10 Å². The fourth-order valence-corrected chi connectivity index (χ4v) is 2.55. The highest BCUT2D eigenvalue weighted by Crippen LogP contribution is 2.28. The Hall–Kier alpha value is -1.86. The van der Waals surface area contributed by atoms with Crippen LogP contribution in [0.15, 0.2) is 40.9 Å². The van der Waals surface area contributed by atoms with Gasteiger partial charge in [-0.3, -0.25) is 9.50 Å². The topological polar surface area (TPSA) is 68.1 Å². The number of aromatic amines is 1. The summed E-state index contributed by atoms with van der Waals surface area (Å²) in [6, 6.07) is 5.89. The van der Waals surface area contributed by atoms with Gasteiger partial charge in [-0.05, 0) is 23.9 Å². The van der Waals surface area contributed by atoms with Crippen molar-refractivity contribution >= 4 is 17.4 Å². The lowest BCUT2D eigenvalue weighted by Gasteiger charge is -2.01. The zero-order valence-corrected chi connectivity index (χ0v) is 10.5. The second-order valence-corrected chi connectivity index (χ2v) is 4.60. The minimum Gasteiger partial charge on any atom is -0.378 e. The molecule has 1 N–H and O–H groups in total. The lowest BCUT2D eigenvalue weighted by molar-refractivity contribution is 0.179. The first-order chi connectivity index (χ1) is 8.88. The van der Waals surface area contributed by atoms with Crippen molar-refractivity contribution in [3.63, 3.8) is 0 Å². The zero-order chi connectivity index (χ0) is 12.4. The molecule has 7 heteroatoms. The van der Waals surface area contributed by atoms with E-state index in [9.17, 15) is 0 Å². The molecule has 3 rings (SSSR count). The third-order valence-electron chi connectivity index (χ3n) is 2.42. The molecule has 3 aromatic heterocycles. The Morgan fingerprint density at radius 2 is 2.39 bits per heavy atom. The molecule has 0 saturated carbocycles. The minimum absolute atomic E-state index is 0.470. The van der Waals surface area contributed by atoms with Gasteiger partial charge >= 0.3 is 0 Å². The highest BCUT2D eigenvalue weighted by molar-refractivity contribution is 7.99. The number of imidazole rings is 1. The van der Waals surface area contributed by atoms with Gasteiger partial charge in [0.05, 0.1) is 12.3 Å². The quantitative estimate of drug-likeness (QED) is 0.775. The second kappa shape index (κ2) is 4.79. The fraction of sp³-hybridized carbons (Fsp3) is 0.182. The lowest BCUT2D eigenvalue weighted by atomic mass is 10.5. The van der Waals surface area contributed by atoms with Crippen molar-refractivity contribution in [1.29, 1.82) is 0 Å². The van der Waals surface area contributed by atoms with E-state index >= 15 is 0 Å². The third-order valence-corrected chi connectivity index (χ3v) is 3.44. The zero-order valence-electron chi connectivity index (χ0n) is 9.70. The van der Waals surface area contributed by atoms with Gasteiger partial charge in [0.1, 0.15) is 17.0 Å². The first-order valence-corrected chi connectivity index (χ1v) is 6.18. The molecule has 0 atom stereocenters. The summed E-state index contributed by atoms with van der Waals surface area (Å²) >= 11 is 1.49. The van der Waals surface area contributed by atoms with Crippen LogP contribution in [0.1, 0.15) is 5.69 Å². The number of pyridine rings is 1. The van der Waals surface area contributed by atoms with Crippen LogP contribution in [0.25, 0.3) is 5.65 Å². The van der Waals surface area contributed by atoms with E-state index in [-0.39, 0.29) is 0 Å². The molecule has 3 heterocycles. The Morgan fingerprint density at radius 1 is 1.44 bits per heavy atom. The highest BCUT2D eigenvalue weighted by atomic mass is 32.2. The van der Waals surface area contributed by atoms with Crippen LogP contribution < -0.4 is 0 Å². The summed E-state index contributed by atoms with van der Waals surface area (Å²) in [5.74, 6) is 0. The number of hydrogen-bond acceptors (Lipinski definition) is 5. The number of H-pyrrole nitrogens is 1. The van der Waals surface area contributed by atoms with Gasteiger partial charge in [0, 0.05) is 13.3 Å². The SMILES string of the molecule is COCc1nc2ccccn2c1Sc1ncn[nH]1. The van der Waals surface area contributed by atoms with Gasteiger partial charge in [0.25, 0.3) is 0 Å². The summed E-state index contributed by atoms with van der Waals surface area (Å²) in [5.41, 5.74) is 1.79. The molecule has 0 aliphatic heterocycles. The molecule has 0 unspecified atom stereocenters. The van der Waals surface area contributed by atoms with E-state index in [1.54, 1.807) is 7.11 Å². The summed E-state index contributed by atoms with van der Waals surface area (Å²) in [6.07, 6.45) is 3.46. The van der Waals surface area contributed by atoms with E-state index in [4.69, 9.17) is 4.74 Å². The van der Waals surface area contributed by atoms with E-state index in [0.717, 1.165) is 21.5 Å². The first-order valence-electron chi connectivity index (χ1n) is 5.36. The lowest BCUT2D eigenvalue weighted by Crippen LogP contribution is -1.92. The van der Waals surface area contributed by atoms with Crippen molar-refractivity contribution in [2.24, 2.45) is 0 Å². The molecule has 6 nitrogen and oxygen atoms in total. The van der Waals surface area contributed by atoms with Crippen LogP contribution >= 0.6 is 11.8 Å². The van der Waals surface area contributed by atoms with E-state index in [1.165, 1.54) is 18.1 Å². The molecule has 18 heavy (non-hydrogen) atoms. The summed E-state index contributed by atoms with van der Waals surface area (Å²) < 4.78 is 7.20. The molecule has 0 radical (unpaired) electrons. The molecule has 0 aromatic carbocycles. The second-order valence-electron chi connectivity index (χ2n) is 3.62. The molecule has 0 aliphatic carbocycles. The van der Waals surface area contributed by atoms with Gasteiger partial charge in [-0.15, -0.1) is 0 Å². The predicted molar refractivity (Wildman–Crippen MR) is 66.4 cm³/mol. The van der Waals surface area contributed by atoms with Crippen molar-refractivity contribution in [1.82, 2.24) is 24.6 Å². The predicted octanol–water partition coefficient (Wildman–Crippen LogP) is 1.75. The number of rotatable bonds is 4. The first kappa shape index (κ1) is 11.2. The molecule has 0 spiro atoms. The van der Waals surface area contributed by atoms with E-state index in [2.05, 4.69) is 20.2 Å². The number of methoxy groups -OCH3 is 1. The van der Waals surface area contributed by atoms with Crippen LogP contribution in [0, 0.1) is 0 Å². The molecule has 3 aromatic rings. The van der Waals surface area contributed by atoms with Crippen molar-refractivity contribution in [3.05, 3.63) is 36.4 Å². The summed E-state index contributed by atoms with van der Waals surface area (Å²) in [6.45, 7) is 0.470. The fourth-order valence-electron chi connectivity index (χ4n) is 1.70. The van der Waals surface area contributed by atoms with Crippen molar-refractivity contribution in [2.45, 2.75) is 16.8 Å². The van der Waals surface area contributed by atoms with Crippen LogP contribution in [0.2, 0.25) is 0 Å². The van der Waals surface area contributed by atoms with Gasteiger partial charge in [0.2, 0.25) is 0 Å². The van der Waals surface area contributed by atoms with E-state index < -0.39 is 0 Å². The summed E-state index contributed by atoms with van der Waals surface area (Å²) in [5, 5.41) is 8.39. The van der Waals surface area contributed by atoms with Crippen LogP contribution in [-0.2, 0) is 11.3 Å². The normalized spacial score (nSPS) is 11.2. The van der Waals surface area contributed by atoms with Crippen molar-refractivity contribution in [2.75, 3.05) is 7.11 Å². The number of nitrogens with one attached hydrogen (secondary N) is 1. The molecule has 0 amide bonds. The third kappa shape index (κ3) is 1.98. The number of fused-ring (bicyclic) bond motifs is 1. The summed E-state index contributed by atoms with van der Waals surface area (Å²) in [7, 11) is 1.66. The smallest absolute Gasteiger partial charge is 0.189 e. The van der Waals surface area contributed by atoms with Gasteiger partial charge in [-0.1, -0.05) is 6.07 Å². The number of ether oxygens (including phenoxy) is 1. The Bertz CT molecular complexity index is 649. The molecule has 0 fully saturated rings. The maximum absolute atomic E-state index is 5.18. The average molecular weight is 261 g/mol. The Kier molecular flexibility index (Phi) is 2.99. The summed E-state index contributed by atoms with van der Waals surface area (Å²) in [4.78, 5) is 8.65. The highest BCUT2D eigenvalue weighted by Gasteiger charge is 2.14. The van der Waals surface area contributed by atoms with Gasteiger partial charge < -0.3 is 4.74 Å². The Labute approximate surface area is 107 Å². The number of hydrogen-bond donors (Lipinski definition) is 1. The molecular formula is C11H11N5OS. The number of nitrogens with zero attached hydrogens (tertiary/aromatic N) is 4. The molecule has 0 bridgehead atoms. The maximum Gasteiger partial charge on any atom is 0.189 e. The average Bonchev–Trinajstić information content (AvgIpc) is 3.00. The van der Waals surface area contributed by atoms with Gasteiger partial charge in [-0.25, -0.2) is 9.97 Å². The van der Waals surface area contributed by atoms with Gasteiger partial charge in [0.15, 0.2) is 5.16 Å². The monoisotopic (exact) mass is 261 g/mol. The molecule has 0 saturated heterocycles. The Morgan fingerprint density at radius 3 is 3.17 bits per heavy atom. The van der Waals surface area contributed by atoms with E-state index in [1.807, 2.05) is 28.8 Å². The van der Waals surface area contributed by atoms with Crippen LogP contribution in [-0.4, -0.2) is 31.7 Å². The van der Waals surface area contributed by atoms with E-state index in [0.29, 0.717) is 6.61 Å². The largest absolute Gasteiger partial charge is 0.378 e. The van der Waals surface area contributed by atoms with Crippen LogP contribution in [0.4, 0.5) is 0 Å². The number of aromatic nitrogens is 5. The maximum atomic E-state index is 5.18. The molecule has 0 aliphatic rings. The van der Waals surface area contributed by atoms with Crippen molar-refractivity contribution in [3.8, 4) is 0 Å². The Balaban J connectivity index is 2.09.